The molecule has 1 N–H and O–H groups in total. The van der Waals surface area contributed by atoms with Gasteiger partial charge in [-0.15, -0.1) is 0 Å². The van der Waals surface area contributed by atoms with Crippen LogP contribution in [0.15, 0.2) is 77.7 Å². The van der Waals surface area contributed by atoms with Crippen LogP contribution in [-0.4, -0.2) is 32.8 Å². The largest absolute Gasteiger partial charge is 0.490 e. The van der Waals surface area contributed by atoms with E-state index in [9.17, 15) is 14.7 Å². The molecule has 1 saturated heterocycles. The van der Waals surface area contributed by atoms with E-state index in [0.717, 1.165) is 22.2 Å². The molecule has 0 aliphatic carbocycles. The summed E-state index contributed by atoms with van der Waals surface area (Å²) in [6, 6.07) is 20.1. The Morgan fingerprint density at radius 2 is 1.81 bits per heavy atom. The van der Waals surface area contributed by atoms with E-state index in [1.165, 1.54) is 0 Å². The van der Waals surface area contributed by atoms with Gasteiger partial charge in [-0.2, -0.15) is 0 Å². The first-order chi connectivity index (χ1) is 17.4. The van der Waals surface area contributed by atoms with Gasteiger partial charge in [0.15, 0.2) is 17.5 Å². The zero-order valence-electron chi connectivity index (χ0n) is 19.2. The highest BCUT2D eigenvalue weighted by Gasteiger charge is 2.41. The number of nitrogens with zero attached hydrogens (tertiary/aromatic N) is 1. The van der Waals surface area contributed by atoms with Crippen LogP contribution in [0.3, 0.4) is 0 Å². The summed E-state index contributed by atoms with van der Waals surface area (Å²) in [5, 5.41) is 10.5. The maximum absolute atomic E-state index is 13.2. The van der Waals surface area contributed by atoms with Crippen molar-refractivity contribution in [2.24, 2.45) is 0 Å². The molecule has 0 bridgehead atoms. The number of amides is 1. The standard InChI is InChI=1S/C27H22ClNO5S2/c1-2-33-22-14-18(10-13-21(22)34-16-17-8-11-20(28)12-9-17)15-23-25(30)29(27(35)36-23)24(26(31)32)19-6-4-3-5-7-19/h3-15,24H,2,16H2,1H3,(H,31,32)/b23-15+/t24-/m0/s1. The Labute approximate surface area is 223 Å². The lowest BCUT2D eigenvalue weighted by molar-refractivity contribution is -0.145. The van der Waals surface area contributed by atoms with Gasteiger partial charge in [-0.25, -0.2) is 4.79 Å². The Morgan fingerprint density at radius 1 is 1.08 bits per heavy atom. The molecule has 3 aromatic carbocycles. The summed E-state index contributed by atoms with van der Waals surface area (Å²) < 4.78 is 11.9. The van der Waals surface area contributed by atoms with E-state index in [0.29, 0.717) is 45.8 Å². The average molecular weight is 540 g/mol. The van der Waals surface area contributed by atoms with Gasteiger partial charge in [-0.3, -0.25) is 9.69 Å². The van der Waals surface area contributed by atoms with Gasteiger partial charge >= 0.3 is 5.97 Å². The number of rotatable bonds is 9. The molecule has 9 heteroatoms. The summed E-state index contributed by atoms with van der Waals surface area (Å²) in [4.78, 5) is 26.8. The molecule has 1 atom stereocenters. The van der Waals surface area contributed by atoms with Crippen molar-refractivity contribution in [1.82, 2.24) is 4.90 Å². The van der Waals surface area contributed by atoms with Gasteiger partial charge in [0.1, 0.15) is 10.9 Å². The van der Waals surface area contributed by atoms with E-state index in [1.54, 1.807) is 66.7 Å². The first-order valence-electron chi connectivity index (χ1n) is 11.1. The first-order valence-corrected chi connectivity index (χ1v) is 12.7. The minimum absolute atomic E-state index is 0.190. The molecule has 3 aromatic rings. The van der Waals surface area contributed by atoms with Crippen molar-refractivity contribution >= 4 is 57.9 Å². The molecule has 1 aliphatic rings. The molecule has 1 amide bonds. The molecule has 6 nitrogen and oxygen atoms in total. The minimum Gasteiger partial charge on any atom is -0.490 e. The van der Waals surface area contributed by atoms with Crippen LogP contribution in [0, 0.1) is 0 Å². The summed E-state index contributed by atoms with van der Waals surface area (Å²) in [6.45, 7) is 2.64. The topological polar surface area (TPSA) is 76.1 Å². The van der Waals surface area contributed by atoms with Crippen molar-refractivity contribution in [3.63, 3.8) is 0 Å². The molecule has 4 rings (SSSR count). The second-order valence-electron chi connectivity index (χ2n) is 7.76. The molecule has 36 heavy (non-hydrogen) atoms. The Bertz CT molecular complexity index is 1310. The highest BCUT2D eigenvalue weighted by atomic mass is 35.5. The zero-order chi connectivity index (χ0) is 25.7. The molecule has 0 unspecified atom stereocenters. The van der Waals surface area contributed by atoms with Gasteiger partial charge < -0.3 is 14.6 Å². The minimum atomic E-state index is -1.20. The molecule has 0 radical (unpaired) electrons. The third-order valence-electron chi connectivity index (χ3n) is 5.30. The fourth-order valence-electron chi connectivity index (χ4n) is 3.63. The van der Waals surface area contributed by atoms with Crippen LogP contribution < -0.4 is 9.47 Å². The number of hydrogen-bond donors (Lipinski definition) is 1. The number of carbonyl (C=O) groups excluding carboxylic acids is 1. The van der Waals surface area contributed by atoms with Crippen LogP contribution in [0.1, 0.15) is 29.7 Å². The van der Waals surface area contributed by atoms with Crippen LogP contribution in [0.4, 0.5) is 0 Å². The van der Waals surface area contributed by atoms with Crippen molar-refractivity contribution in [3.05, 3.63) is 99.4 Å². The Morgan fingerprint density at radius 3 is 2.47 bits per heavy atom. The van der Waals surface area contributed by atoms with Crippen molar-refractivity contribution < 1.29 is 24.2 Å². The molecule has 0 saturated carbocycles. The third-order valence-corrected chi connectivity index (χ3v) is 6.89. The molecule has 1 aliphatic heterocycles. The van der Waals surface area contributed by atoms with Gasteiger partial charge in [0.05, 0.1) is 11.5 Å². The molecule has 1 fully saturated rings. The lowest BCUT2D eigenvalue weighted by Crippen LogP contribution is -2.37. The van der Waals surface area contributed by atoms with Crippen molar-refractivity contribution in [1.29, 1.82) is 0 Å². The van der Waals surface area contributed by atoms with Crippen LogP contribution in [0.5, 0.6) is 11.5 Å². The number of aliphatic carboxylic acids is 1. The van der Waals surface area contributed by atoms with Crippen LogP contribution in [-0.2, 0) is 16.2 Å². The van der Waals surface area contributed by atoms with Gasteiger partial charge in [-0.05, 0) is 54.0 Å². The number of carboxylic acid groups (broad SMARTS) is 1. The zero-order valence-corrected chi connectivity index (χ0v) is 21.6. The lowest BCUT2D eigenvalue weighted by Gasteiger charge is -2.23. The fourth-order valence-corrected chi connectivity index (χ4v) is 5.07. The number of ether oxygens (including phenoxy) is 2. The van der Waals surface area contributed by atoms with Gasteiger partial charge in [-0.1, -0.05) is 84.1 Å². The smallest absolute Gasteiger partial charge is 0.331 e. The van der Waals surface area contributed by atoms with Gasteiger partial charge in [0.25, 0.3) is 5.91 Å². The maximum atomic E-state index is 13.2. The van der Waals surface area contributed by atoms with E-state index in [4.69, 9.17) is 33.3 Å². The SMILES string of the molecule is CCOc1cc(/C=C2/SC(=S)N([C@H](C(=O)O)c3ccccc3)C2=O)ccc1OCc1ccc(Cl)cc1. The number of thiocarbonyl (C=S) groups is 1. The highest BCUT2D eigenvalue weighted by Crippen LogP contribution is 2.39. The van der Waals surface area contributed by atoms with E-state index in [-0.39, 0.29) is 4.32 Å². The number of benzene rings is 3. The lowest BCUT2D eigenvalue weighted by atomic mass is 10.1. The molecule has 0 aromatic heterocycles. The third kappa shape index (κ3) is 5.90. The van der Waals surface area contributed by atoms with Gasteiger partial charge in [0.2, 0.25) is 0 Å². The van der Waals surface area contributed by atoms with Crippen molar-refractivity contribution in [3.8, 4) is 11.5 Å². The summed E-state index contributed by atoms with van der Waals surface area (Å²) in [6.07, 6.45) is 1.68. The Hall–Kier alpha value is -3.33. The van der Waals surface area contributed by atoms with Crippen LogP contribution in [0.2, 0.25) is 5.02 Å². The molecule has 184 valence electrons. The number of thioether (sulfide) groups is 1. The van der Waals surface area contributed by atoms with Crippen molar-refractivity contribution in [2.45, 2.75) is 19.6 Å². The van der Waals surface area contributed by atoms with Crippen molar-refractivity contribution in [2.75, 3.05) is 6.61 Å². The predicted octanol–water partition coefficient (Wildman–Crippen LogP) is 6.34. The second-order valence-corrected chi connectivity index (χ2v) is 9.87. The number of carboxylic acids is 1. The summed E-state index contributed by atoms with van der Waals surface area (Å²) in [7, 11) is 0. The average Bonchev–Trinajstić information content (AvgIpc) is 3.13. The summed E-state index contributed by atoms with van der Waals surface area (Å²) in [5.41, 5.74) is 2.13. The quantitative estimate of drug-likeness (QED) is 0.251. The molecular formula is C27H22ClNO5S2. The van der Waals surface area contributed by atoms with E-state index >= 15 is 0 Å². The summed E-state index contributed by atoms with van der Waals surface area (Å²) >= 11 is 12.4. The normalized spacial score (nSPS) is 15.3. The monoisotopic (exact) mass is 539 g/mol. The Kier molecular flexibility index (Phi) is 8.30. The second kappa shape index (κ2) is 11.6. The molecule has 1 heterocycles. The molecular weight excluding hydrogens is 518 g/mol. The Balaban J connectivity index is 1.56. The van der Waals surface area contributed by atoms with Gasteiger partial charge in [0, 0.05) is 5.02 Å². The number of carbonyl (C=O) groups is 2. The number of halogens is 1. The van der Waals surface area contributed by atoms with E-state index < -0.39 is 17.9 Å². The van der Waals surface area contributed by atoms with E-state index in [2.05, 4.69) is 0 Å². The van der Waals surface area contributed by atoms with Crippen LogP contribution in [0.25, 0.3) is 6.08 Å². The number of hydrogen-bond acceptors (Lipinski definition) is 6. The van der Waals surface area contributed by atoms with Crippen LogP contribution >= 0.6 is 35.6 Å². The fraction of sp³-hybridized carbons (Fsp3) is 0.148. The first kappa shape index (κ1) is 25.8. The predicted molar refractivity (Wildman–Crippen MR) is 145 cm³/mol. The summed E-state index contributed by atoms with van der Waals surface area (Å²) in [5.74, 6) is -0.517. The van der Waals surface area contributed by atoms with E-state index in [1.807, 2.05) is 19.1 Å². The maximum Gasteiger partial charge on any atom is 0.331 e. The molecule has 0 spiro atoms. The highest BCUT2D eigenvalue weighted by molar-refractivity contribution is 8.26.